The Morgan fingerprint density at radius 3 is 2.40 bits per heavy atom. The van der Waals surface area contributed by atoms with Crippen molar-refractivity contribution < 1.29 is 9.84 Å². The molecular weight excluding hydrogens is 295 g/mol. The van der Waals surface area contributed by atoms with Gasteiger partial charge in [-0.2, -0.15) is 0 Å². The second-order valence-corrected chi connectivity index (χ2v) is 5.30. The summed E-state index contributed by atoms with van der Waals surface area (Å²) >= 11 is 12.0. The molecule has 4 heteroatoms. The average molecular weight is 311 g/mol. The Kier molecular flexibility index (Phi) is 5.30. The van der Waals surface area contributed by atoms with Gasteiger partial charge in [-0.25, -0.2) is 0 Å². The Labute approximate surface area is 128 Å². The molecule has 2 rings (SSSR count). The molecule has 0 saturated heterocycles. The van der Waals surface area contributed by atoms with Crippen molar-refractivity contribution in [2.24, 2.45) is 0 Å². The van der Waals surface area contributed by atoms with E-state index < -0.39 is 6.10 Å². The molecule has 0 spiro atoms. The van der Waals surface area contributed by atoms with Crippen LogP contribution in [0, 0.1) is 0 Å². The molecular formula is C16H16Cl2O2. The van der Waals surface area contributed by atoms with Crippen LogP contribution in [0.1, 0.15) is 24.2 Å². The number of aliphatic hydroxyl groups is 1. The van der Waals surface area contributed by atoms with Gasteiger partial charge in [-0.15, -0.1) is 0 Å². The third-order valence-electron chi connectivity index (χ3n) is 3.00. The number of hydrogen-bond donors (Lipinski definition) is 1. The number of aliphatic hydroxyl groups excluding tert-OH is 1. The van der Waals surface area contributed by atoms with Gasteiger partial charge in [0.2, 0.25) is 0 Å². The summed E-state index contributed by atoms with van der Waals surface area (Å²) in [5.41, 5.74) is 1.71. The van der Waals surface area contributed by atoms with Gasteiger partial charge in [0, 0.05) is 16.5 Å². The van der Waals surface area contributed by atoms with Crippen LogP contribution >= 0.6 is 23.2 Å². The van der Waals surface area contributed by atoms with Gasteiger partial charge in [-0.05, 0) is 42.3 Å². The van der Waals surface area contributed by atoms with Crippen molar-refractivity contribution in [3.63, 3.8) is 0 Å². The second kappa shape index (κ2) is 6.98. The molecule has 0 aliphatic heterocycles. The number of ether oxygens (including phenoxy) is 1. The molecule has 1 N–H and O–H groups in total. The molecule has 0 fully saturated rings. The molecule has 0 radical (unpaired) electrons. The highest BCUT2D eigenvalue weighted by Gasteiger charge is 2.11. The monoisotopic (exact) mass is 310 g/mol. The van der Waals surface area contributed by atoms with Gasteiger partial charge >= 0.3 is 0 Å². The van der Waals surface area contributed by atoms with Gasteiger partial charge in [0.25, 0.3) is 0 Å². The molecule has 0 aliphatic carbocycles. The van der Waals surface area contributed by atoms with E-state index in [1.165, 1.54) is 0 Å². The number of benzene rings is 2. The summed E-state index contributed by atoms with van der Waals surface area (Å²) < 4.78 is 5.37. The third-order valence-corrected chi connectivity index (χ3v) is 3.59. The van der Waals surface area contributed by atoms with Gasteiger partial charge < -0.3 is 9.84 Å². The largest absolute Gasteiger partial charge is 0.494 e. The average Bonchev–Trinajstić information content (AvgIpc) is 2.43. The zero-order valence-electron chi connectivity index (χ0n) is 11.1. The van der Waals surface area contributed by atoms with Crippen LogP contribution in [-0.4, -0.2) is 11.7 Å². The van der Waals surface area contributed by atoms with Crippen molar-refractivity contribution in [2.75, 3.05) is 6.61 Å². The molecule has 1 unspecified atom stereocenters. The van der Waals surface area contributed by atoms with Gasteiger partial charge in [-0.1, -0.05) is 41.4 Å². The first-order chi connectivity index (χ1) is 9.60. The lowest BCUT2D eigenvalue weighted by atomic mass is 10.0. The summed E-state index contributed by atoms with van der Waals surface area (Å²) in [4.78, 5) is 0. The van der Waals surface area contributed by atoms with E-state index in [0.717, 1.165) is 16.9 Å². The maximum Gasteiger partial charge on any atom is 0.119 e. The van der Waals surface area contributed by atoms with Crippen LogP contribution in [0.5, 0.6) is 5.75 Å². The maximum atomic E-state index is 10.3. The zero-order chi connectivity index (χ0) is 14.5. The van der Waals surface area contributed by atoms with Crippen LogP contribution in [0.15, 0.2) is 42.5 Å². The van der Waals surface area contributed by atoms with Crippen LogP contribution in [-0.2, 0) is 6.42 Å². The number of halogens is 2. The molecule has 0 heterocycles. The highest BCUT2D eigenvalue weighted by Crippen LogP contribution is 2.27. The molecule has 0 saturated carbocycles. The van der Waals surface area contributed by atoms with Crippen molar-refractivity contribution >= 4 is 23.2 Å². The third kappa shape index (κ3) is 3.89. The van der Waals surface area contributed by atoms with Gasteiger partial charge in [0.1, 0.15) is 5.75 Å². The Morgan fingerprint density at radius 1 is 1.10 bits per heavy atom. The molecule has 20 heavy (non-hydrogen) atoms. The maximum absolute atomic E-state index is 10.3. The second-order valence-electron chi connectivity index (χ2n) is 4.46. The fraction of sp³-hybridized carbons (Fsp3) is 0.250. The quantitative estimate of drug-likeness (QED) is 0.869. The zero-order valence-corrected chi connectivity index (χ0v) is 12.7. The Hall–Kier alpha value is -1.22. The van der Waals surface area contributed by atoms with Gasteiger partial charge in [0.15, 0.2) is 0 Å². The minimum absolute atomic E-state index is 0.448. The van der Waals surface area contributed by atoms with E-state index in [1.807, 2.05) is 37.3 Å². The van der Waals surface area contributed by atoms with E-state index in [-0.39, 0.29) is 0 Å². The summed E-state index contributed by atoms with van der Waals surface area (Å²) in [6.07, 6.45) is -0.159. The molecule has 2 aromatic rings. The number of hydrogen-bond acceptors (Lipinski definition) is 2. The smallest absolute Gasteiger partial charge is 0.119 e. The molecule has 106 valence electrons. The summed E-state index contributed by atoms with van der Waals surface area (Å²) in [6.45, 7) is 2.56. The normalized spacial score (nSPS) is 12.2. The van der Waals surface area contributed by atoms with Crippen molar-refractivity contribution in [3.05, 3.63) is 63.6 Å². The molecule has 0 amide bonds. The predicted octanol–water partition coefficient (Wildman–Crippen LogP) is 4.67. The summed E-state index contributed by atoms with van der Waals surface area (Å²) in [5.74, 6) is 0.799. The molecule has 0 bridgehead atoms. The van der Waals surface area contributed by atoms with E-state index in [1.54, 1.807) is 12.1 Å². The number of rotatable bonds is 5. The Bertz CT molecular complexity index is 567. The first-order valence-corrected chi connectivity index (χ1v) is 7.20. The van der Waals surface area contributed by atoms with E-state index in [4.69, 9.17) is 27.9 Å². The van der Waals surface area contributed by atoms with E-state index >= 15 is 0 Å². The van der Waals surface area contributed by atoms with E-state index in [0.29, 0.717) is 23.1 Å². The van der Waals surface area contributed by atoms with E-state index in [9.17, 15) is 5.11 Å². The minimum Gasteiger partial charge on any atom is -0.494 e. The summed E-state index contributed by atoms with van der Waals surface area (Å²) in [7, 11) is 0. The van der Waals surface area contributed by atoms with Crippen LogP contribution in [0.25, 0.3) is 0 Å². The van der Waals surface area contributed by atoms with Crippen molar-refractivity contribution in [2.45, 2.75) is 19.4 Å². The van der Waals surface area contributed by atoms with Crippen molar-refractivity contribution in [1.29, 1.82) is 0 Å². The van der Waals surface area contributed by atoms with Crippen LogP contribution in [0.2, 0.25) is 10.0 Å². The fourth-order valence-corrected chi connectivity index (χ4v) is 2.45. The van der Waals surface area contributed by atoms with Crippen molar-refractivity contribution in [1.82, 2.24) is 0 Å². The topological polar surface area (TPSA) is 29.5 Å². The first-order valence-electron chi connectivity index (χ1n) is 6.45. The lowest BCUT2D eigenvalue weighted by Gasteiger charge is -2.13. The van der Waals surface area contributed by atoms with Crippen molar-refractivity contribution in [3.8, 4) is 5.75 Å². The van der Waals surface area contributed by atoms with Gasteiger partial charge in [0.05, 0.1) is 12.7 Å². The van der Waals surface area contributed by atoms with Gasteiger partial charge in [-0.3, -0.25) is 0 Å². The minimum atomic E-state index is -0.607. The van der Waals surface area contributed by atoms with Crippen LogP contribution in [0.3, 0.4) is 0 Å². The first kappa shape index (κ1) is 15.2. The SMILES string of the molecule is CCOc1ccc(C(O)Cc2ccc(Cl)cc2Cl)cc1. The lowest BCUT2D eigenvalue weighted by Crippen LogP contribution is -2.02. The van der Waals surface area contributed by atoms with Crippen LogP contribution in [0.4, 0.5) is 0 Å². The Morgan fingerprint density at radius 2 is 1.80 bits per heavy atom. The standard InChI is InChI=1S/C16H16Cl2O2/c1-2-20-14-7-4-11(5-8-14)16(19)9-12-3-6-13(17)10-15(12)18/h3-8,10,16,19H,2,9H2,1H3. The predicted molar refractivity (Wildman–Crippen MR) is 82.7 cm³/mol. The molecule has 0 aromatic heterocycles. The molecule has 0 aliphatic rings. The summed E-state index contributed by atoms with van der Waals surface area (Å²) in [5, 5.41) is 11.4. The fourth-order valence-electron chi connectivity index (χ4n) is 1.97. The Balaban J connectivity index is 2.09. The highest BCUT2D eigenvalue weighted by atomic mass is 35.5. The van der Waals surface area contributed by atoms with E-state index in [2.05, 4.69) is 0 Å². The van der Waals surface area contributed by atoms with Crippen LogP contribution < -0.4 is 4.74 Å². The molecule has 2 nitrogen and oxygen atoms in total. The molecule has 1 atom stereocenters. The highest BCUT2D eigenvalue weighted by molar-refractivity contribution is 6.35. The lowest BCUT2D eigenvalue weighted by molar-refractivity contribution is 0.178. The summed E-state index contributed by atoms with van der Waals surface area (Å²) in [6, 6.07) is 12.7. The molecule has 2 aromatic carbocycles.